The fourth-order valence-electron chi connectivity index (χ4n) is 31.1. The maximum atomic E-state index is 17.4. The van der Waals surface area contributed by atoms with E-state index in [1.54, 1.807) is 11.3 Å². The Morgan fingerprint density at radius 3 is 2.51 bits per heavy atom. The molecule has 9 aliphatic heterocycles. The number of hydrogen-bond donors (Lipinski definition) is 2. The van der Waals surface area contributed by atoms with E-state index < -0.39 is 22.3 Å². The average Bonchev–Trinajstić information content (AvgIpc) is 1.32. The molecule has 3 saturated heterocycles. The van der Waals surface area contributed by atoms with Crippen LogP contribution >= 0.6 is 0 Å². The van der Waals surface area contributed by atoms with Crippen molar-refractivity contribution in [2.75, 3.05) is 26.2 Å². The molecular weight excluding hydrogens is 1130 g/mol. The zero-order valence-corrected chi connectivity index (χ0v) is 55.8. The number of rotatable bonds is 7. The number of nitrogens with two attached hydrogens (primary N) is 1. The SMILES string of the molecule is C[C@@H]1CC2=C3[C@H]4C5=C6[C@H](/C=C7\C=C\C[C@@H](CCC=O)C[C@H]8C=C[C@@H]9[C@H]8CC[C@@]98CCC[C@H](C8)[C@@H]7C[C@H]7[C@]68C(=O)O/C(=C(/O)C[C@@H]([C@@H]6CC9(CCCC9)[C@]9(CCCC9%10CCCC%10)C6)N6C[C@H]9C[C@@H](C6)[C@H](CC2)N3C9)[C@@]8(CC5)[C@]72OC(=O)c3c(CCCN)cccc32)C[C@@H]41. The topological polar surface area (TPSA) is 122 Å². The first kappa shape index (κ1) is 58.0. The lowest BCUT2D eigenvalue weighted by atomic mass is 9.27. The molecule has 1 aromatic rings. The molecule has 490 valence electrons. The van der Waals surface area contributed by atoms with Gasteiger partial charge in [0.2, 0.25) is 0 Å². The first-order chi connectivity index (χ1) is 44.9. The van der Waals surface area contributed by atoms with Gasteiger partial charge in [-0.3, -0.25) is 9.69 Å². The van der Waals surface area contributed by atoms with Crippen LogP contribution in [0.2, 0.25) is 0 Å². The molecule has 10 fully saturated rings. The van der Waals surface area contributed by atoms with Gasteiger partial charge in [0.1, 0.15) is 17.5 Å². The van der Waals surface area contributed by atoms with Crippen LogP contribution in [0.15, 0.2) is 88.1 Å². The minimum absolute atomic E-state index is 0.00400. The number of aryl methyl sites for hydroxylation is 1. The van der Waals surface area contributed by atoms with Gasteiger partial charge in [-0.15, -0.1) is 0 Å². The number of fused-ring (bicyclic) bond motifs is 8. The summed E-state index contributed by atoms with van der Waals surface area (Å²) in [6.07, 6.45) is 53.4. The third-order valence-electron chi connectivity index (χ3n) is 33.6. The summed E-state index contributed by atoms with van der Waals surface area (Å²) in [5.74, 6) is 5.62. The number of hydrogen-bond acceptors (Lipinski definition) is 9. The van der Waals surface area contributed by atoms with E-state index in [0.29, 0.717) is 131 Å². The summed E-state index contributed by atoms with van der Waals surface area (Å²) in [5, 5.41) is 14.5. The Labute approximate surface area is 549 Å². The molecule has 0 amide bonds. The Kier molecular flexibility index (Phi) is 12.9. The number of esters is 2. The molecule has 13 aliphatic carbocycles. The van der Waals surface area contributed by atoms with Gasteiger partial charge >= 0.3 is 11.9 Å². The van der Waals surface area contributed by atoms with Crippen LogP contribution in [-0.4, -0.2) is 71.4 Å². The number of carbonyl (C=O) groups excluding carboxylic acids is 3. The van der Waals surface area contributed by atoms with Crippen molar-refractivity contribution in [1.29, 1.82) is 0 Å². The van der Waals surface area contributed by atoms with Crippen molar-refractivity contribution in [2.45, 2.75) is 243 Å². The zero-order chi connectivity index (χ0) is 61.5. The minimum Gasteiger partial charge on any atom is -0.509 e. The minimum atomic E-state index is -1.23. The first-order valence-electron chi connectivity index (χ1n) is 39.1. The molecule has 22 aliphatic rings. The Morgan fingerprint density at radius 1 is 0.793 bits per heavy atom. The van der Waals surface area contributed by atoms with Crippen LogP contribution in [0.5, 0.6) is 0 Å². The van der Waals surface area contributed by atoms with Gasteiger partial charge in [0.25, 0.3) is 0 Å². The smallest absolute Gasteiger partial charge is 0.339 e. The lowest BCUT2D eigenvalue weighted by Gasteiger charge is -2.73. The predicted octanol–water partition coefficient (Wildman–Crippen LogP) is 16.7. The number of aldehydes is 1. The average molecular weight is 1240 g/mol. The lowest BCUT2D eigenvalue weighted by molar-refractivity contribution is -0.283. The van der Waals surface area contributed by atoms with Crippen LogP contribution in [0.25, 0.3) is 0 Å². The Hall–Kier alpha value is -4.21. The molecule has 7 saturated carbocycles. The Bertz CT molecular complexity index is 3510. The summed E-state index contributed by atoms with van der Waals surface area (Å²) in [6, 6.07) is 7.24. The zero-order valence-electron chi connectivity index (χ0n) is 55.8. The summed E-state index contributed by atoms with van der Waals surface area (Å²) in [4.78, 5) is 51.7. The second-order valence-electron chi connectivity index (χ2n) is 36.3. The number of allylic oxidation sites excluding steroid dienone is 8. The van der Waals surface area contributed by atoms with Crippen LogP contribution in [0.4, 0.5) is 0 Å². The van der Waals surface area contributed by atoms with Crippen molar-refractivity contribution < 1.29 is 29.0 Å². The van der Waals surface area contributed by atoms with E-state index in [-0.39, 0.29) is 41.1 Å². The number of ether oxygens (including phenoxy) is 2. The van der Waals surface area contributed by atoms with E-state index in [1.807, 2.05) is 0 Å². The fourth-order valence-corrected chi connectivity index (χ4v) is 31.1. The summed E-state index contributed by atoms with van der Waals surface area (Å²) in [5.41, 5.74) is 14.7. The van der Waals surface area contributed by atoms with Gasteiger partial charge in [-0.1, -0.05) is 105 Å². The maximum absolute atomic E-state index is 17.4. The molecule has 9 heterocycles. The van der Waals surface area contributed by atoms with Crippen molar-refractivity contribution in [3.05, 3.63) is 105 Å². The molecule has 0 radical (unpaired) electrons. The largest absolute Gasteiger partial charge is 0.509 e. The molecule has 9 nitrogen and oxygen atoms in total. The van der Waals surface area contributed by atoms with Gasteiger partial charge in [0.15, 0.2) is 11.4 Å². The van der Waals surface area contributed by atoms with E-state index in [9.17, 15) is 9.90 Å². The third kappa shape index (κ3) is 7.19. The third-order valence-corrected chi connectivity index (χ3v) is 33.6. The van der Waals surface area contributed by atoms with Crippen LogP contribution in [0.1, 0.15) is 240 Å². The molecule has 1 aromatic carbocycles. The van der Waals surface area contributed by atoms with E-state index in [1.165, 1.54) is 158 Å². The van der Waals surface area contributed by atoms with Crippen molar-refractivity contribution in [1.82, 2.24) is 9.80 Å². The fraction of sp³-hybridized carbons (Fsp3) is 0.747. The summed E-state index contributed by atoms with van der Waals surface area (Å²) in [6.45, 7) is 6.44. The predicted molar refractivity (Wildman–Crippen MR) is 356 cm³/mol. The monoisotopic (exact) mass is 1240 g/mol. The molecule has 7 spiro atoms. The van der Waals surface area contributed by atoms with E-state index in [2.05, 4.69) is 65.3 Å². The highest BCUT2D eigenvalue weighted by Crippen LogP contribution is 2.89. The highest BCUT2D eigenvalue weighted by Gasteiger charge is 2.94. The van der Waals surface area contributed by atoms with Crippen molar-refractivity contribution >= 4 is 18.2 Å². The van der Waals surface area contributed by atoms with Crippen molar-refractivity contribution in [3.8, 4) is 0 Å². The van der Waals surface area contributed by atoms with Crippen molar-refractivity contribution in [3.63, 3.8) is 0 Å². The molecule has 3 N–H and O–H groups in total. The number of aliphatic hydroxyl groups excluding tert-OH is 1. The lowest BCUT2D eigenvalue weighted by Crippen LogP contribution is -2.78. The van der Waals surface area contributed by atoms with Crippen LogP contribution in [0.3, 0.4) is 0 Å². The van der Waals surface area contributed by atoms with E-state index in [4.69, 9.17) is 15.2 Å². The highest BCUT2D eigenvalue weighted by atomic mass is 16.6. The standard InChI is InChI=1S/C83H107N3O6/c1-49-36-55-20-22-66-58-38-51-46-85(48-58)67(59-44-79(28-4-5-29-79)80(45-59)31-11-30-78(80)26-2-3-27-78)42-68(88)74-81-33-24-61-71(73(55)86(66)47-51)62(49)40-57-39-53-15-6-12-50(13-10-35-87)37-54-19-21-64-60(54)23-32-77(64)25-8-16-56(43-77)63(53)41-69(82(81,72(57)61)76(90)91-74)83(81)65-18-7-14-52(17-9-34-84)70(65)75(89)92-83/h6-7,14-15,18-19,21,35,39,49-51,54,56-60,62-64,66-67,69,71,88H,2-5,8-13,16-17,20,22-34,36-38,40-48,84H2,1H3/b15-6+,53-39+,74-68+/t49-,50+,51-,54-,56-,57-,58+,59-,60+,62-,63-,64-,66+,67+,69+,71+,77-,80-,81-,82-,83-/m1/s1. The van der Waals surface area contributed by atoms with Gasteiger partial charge in [0.05, 0.1) is 11.0 Å². The summed E-state index contributed by atoms with van der Waals surface area (Å²) >= 11 is 0. The quantitative estimate of drug-likeness (QED) is 0.156. The normalized spacial score (nSPS) is 49.7. The second-order valence-corrected chi connectivity index (χ2v) is 36.3. The highest BCUT2D eigenvalue weighted by molar-refractivity contribution is 6.00. The van der Waals surface area contributed by atoms with E-state index in [0.717, 1.165) is 88.4 Å². The number of nitrogens with zero attached hydrogens (tertiary/aromatic N) is 2. The summed E-state index contributed by atoms with van der Waals surface area (Å²) in [7, 11) is 0. The molecule has 9 heteroatoms. The van der Waals surface area contributed by atoms with Crippen molar-refractivity contribution in [2.24, 2.45) is 121 Å². The molecule has 23 rings (SSSR count). The molecule has 0 aromatic heterocycles. The van der Waals surface area contributed by atoms with Crippen LogP contribution in [-0.2, 0) is 31.1 Å². The number of carbonyl (C=O) groups is 3. The van der Waals surface area contributed by atoms with E-state index >= 15 is 9.59 Å². The number of piperidine rings is 2. The molecule has 22 atom stereocenters. The molecule has 92 heavy (non-hydrogen) atoms. The number of aliphatic hydroxyl groups is 1. The van der Waals surface area contributed by atoms with Gasteiger partial charge in [-0.25, -0.2) is 4.79 Å². The van der Waals surface area contributed by atoms with Crippen LogP contribution < -0.4 is 5.73 Å². The van der Waals surface area contributed by atoms with Gasteiger partial charge in [-0.05, 0) is 277 Å². The summed E-state index contributed by atoms with van der Waals surface area (Å²) < 4.78 is 15.4. The Morgan fingerprint density at radius 2 is 1.65 bits per heavy atom. The molecule has 1 unspecified atom stereocenters. The number of benzene rings is 1. The first-order valence-corrected chi connectivity index (χ1v) is 39.1. The van der Waals surface area contributed by atoms with Gasteiger partial charge in [-0.2, -0.15) is 0 Å². The van der Waals surface area contributed by atoms with Crippen LogP contribution in [0, 0.1) is 115 Å². The molecular formula is C83H107N3O6. The van der Waals surface area contributed by atoms with Gasteiger partial charge < -0.3 is 30.0 Å². The Balaban J connectivity index is 0.833. The second kappa shape index (κ2) is 20.4. The molecule has 17 bridgehead atoms. The maximum Gasteiger partial charge on any atom is 0.339 e. The van der Waals surface area contributed by atoms with Gasteiger partial charge in [0, 0.05) is 73.6 Å².